The van der Waals surface area contributed by atoms with Gasteiger partial charge in [-0.15, -0.1) is 0 Å². The Morgan fingerprint density at radius 2 is 1.90 bits per heavy atom. The van der Waals surface area contributed by atoms with E-state index < -0.39 is 0 Å². The molecule has 1 aliphatic rings. The Hall–Kier alpha value is -1.39. The molecule has 0 radical (unpaired) electrons. The molecule has 0 bridgehead atoms. The van der Waals surface area contributed by atoms with Crippen molar-refractivity contribution < 1.29 is 19.0 Å². The summed E-state index contributed by atoms with van der Waals surface area (Å²) < 4.78 is 16.7. The molecule has 1 aliphatic carbocycles. The molecule has 0 saturated heterocycles. The Morgan fingerprint density at radius 3 is 2.62 bits per heavy atom. The molecule has 0 saturated carbocycles. The van der Waals surface area contributed by atoms with Gasteiger partial charge in [0.05, 0.1) is 6.61 Å². The van der Waals surface area contributed by atoms with Crippen LogP contribution in [0.4, 0.5) is 0 Å². The standard InChI is InChI=1S/C17H24O4/c1-3-19-17(20-4-2)10-11-21-14-8-9-15-13(12-14)6-5-7-16(15)18/h8-9,12,17H,3-7,10-11H2,1-2H3. The third-order valence-corrected chi connectivity index (χ3v) is 3.55. The Balaban J connectivity index is 1.87. The van der Waals surface area contributed by atoms with E-state index in [-0.39, 0.29) is 12.1 Å². The molecule has 116 valence electrons. The fraction of sp³-hybridized carbons (Fsp3) is 0.588. The second-order valence-corrected chi connectivity index (χ2v) is 5.07. The highest BCUT2D eigenvalue weighted by Gasteiger charge is 2.17. The van der Waals surface area contributed by atoms with Crippen LogP contribution in [-0.2, 0) is 15.9 Å². The first-order valence-corrected chi connectivity index (χ1v) is 7.76. The smallest absolute Gasteiger partial charge is 0.163 e. The third kappa shape index (κ3) is 4.55. The predicted molar refractivity (Wildman–Crippen MR) is 80.9 cm³/mol. The van der Waals surface area contributed by atoms with Crippen LogP contribution < -0.4 is 4.74 Å². The van der Waals surface area contributed by atoms with Crippen LogP contribution in [0.15, 0.2) is 18.2 Å². The van der Waals surface area contributed by atoms with E-state index in [1.165, 1.54) is 0 Å². The molecular weight excluding hydrogens is 268 g/mol. The maximum absolute atomic E-state index is 11.8. The van der Waals surface area contributed by atoms with Gasteiger partial charge in [-0.2, -0.15) is 0 Å². The summed E-state index contributed by atoms with van der Waals surface area (Å²) in [5.74, 6) is 1.06. The van der Waals surface area contributed by atoms with E-state index in [1.807, 2.05) is 32.0 Å². The van der Waals surface area contributed by atoms with E-state index in [0.717, 1.165) is 29.7 Å². The molecule has 0 fully saturated rings. The summed E-state index contributed by atoms with van der Waals surface area (Å²) in [6.45, 7) is 5.70. The van der Waals surface area contributed by atoms with Crippen LogP contribution in [0, 0.1) is 0 Å². The van der Waals surface area contributed by atoms with Gasteiger partial charge in [-0.1, -0.05) is 0 Å². The van der Waals surface area contributed by atoms with Gasteiger partial charge in [0.2, 0.25) is 0 Å². The summed E-state index contributed by atoms with van der Waals surface area (Å²) in [4.78, 5) is 11.8. The van der Waals surface area contributed by atoms with Gasteiger partial charge in [-0.3, -0.25) is 4.79 Å². The van der Waals surface area contributed by atoms with Gasteiger partial charge in [0.1, 0.15) is 5.75 Å². The van der Waals surface area contributed by atoms with Gasteiger partial charge in [-0.05, 0) is 50.5 Å². The molecule has 4 heteroatoms. The number of ether oxygens (including phenoxy) is 3. The van der Waals surface area contributed by atoms with Crippen LogP contribution in [0.5, 0.6) is 5.75 Å². The van der Waals surface area contributed by atoms with Crippen LogP contribution in [-0.4, -0.2) is 31.9 Å². The van der Waals surface area contributed by atoms with Gasteiger partial charge < -0.3 is 14.2 Å². The molecule has 1 aromatic rings. The van der Waals surface area contributed by atoms with Gasteiger partial charge in [0.15, 0.2) is 12.1 Å². The van der Waals surface area contributed by atoms with Gasteiger partial charge in [-0.25, -0.2) is 0 Å². The van der Waals surface area contributed by atoms with Crippen molar-refractivity contribution >= 4 is 5.78 Å². The number of aryl methyl sites for hydroxylation is 1. The number of rotatable bonds is 8. The highest BCUT2D eigenvalue weighted by Crippen LogP contribution is 2.25. The molecule has 0 aliphatic heterocycles. The Labute approximate surface area is 126 Å². The van der Waals surface area contributed by atoms with Crippen molar-refractivity contribution in [1.82, 2.24) is 0 Å². The van der Waals surface area contributed by atoms with Gasteiger partial charge >= 0.3 is 0 Å². The first-order valence-electron chi connectivity index (χ1n) is 7.76. The molecule has 0 unspecified atom stereocenters. The van der Waals surface area contributed by atoms with Crippen LogP contribution in [0.25, 0.3) is 0 Å². The summed E-state index contributed by atoms with van der Waals surface area (Å²) >= 11 is 0. The maximum Gasteiger partial charge on any atom is 0.163 e. The van der Waals surface area contributed by atoms with Crippen LogP contribution >= 0.6 is 0 Å². The minimum atomic E-state index is -0.209. The average Bonchev–Trinajstić information content (AvgIpc) is 2.48. The molecule has 0 aromatic heterocycles. The van der Waals surface area contributed by atoms with Crippen molar-refractivity contribution in [3.63, 3.8) is 0 Å². The number of benzene rings is 1. The molecule has 4 nitrogen and oxygen atoms in total. The van der Waals surface area contributed by atoms with Crippen molar-refractivity contribution in [2.45, 2.75) is 45.8 Å². The lowest BCUT2D eigenvalue weighted by Gasteiger charge is -2.18. The topological polar surface area (TPSA) is 44.8 Å². The quantitative estimate of drug-likeness (QED) is 0.689. The summed E-state index contributed by atoms with van der Waals surface area (Å²) in [5.41, 5.74) is 1.96. The highest BCUT2D eigenvalue weighted by atomic mass is 16.7. The zero-order valence-electron chi connectivity index (χ0n) is 12.9. The van der Waals surface area contributed by atoms with Crippen LogP contribution in [0.3, 0.4) is 0 Å². The fourth-order valence-corrected chi connectivity index (χ4v) is 2.57. The van der Waals surface area contributed by atoms with E-state index in [4.69, 9.17) is 14.2 Å². The van der Waals surface area contributed by atoms with Crippen molar-refractivity contribution in [3.05, 3.63) is 29.3 Å². The minimum Gasteiger partial charge on any atom is -0.493 e. The lowest BCUT2D eigenvalue weighted by atomic mass is 9.90. The Kier molecular flexibility index (Phi) is 6.21. The lowest BCUT2D eigenvalue weighted by Crippen LogP contribution is -2.20. The van der Waals surface area contributed by atoms with Crippen LogP contribution in [0.2, 0.25) is 0 Å². The maximum atomic E-state index is 11.8. The van der Waals surface area contributed by atoms with Crippen LogP contribution in [0.1, 0.15) is 49.0 Å². The van der Waals surface area contributed by atoms with Crippen molar-refractivity contribution in [3.8, 4) is 5.75 Å². The molecule has 21 heavy (non-hydrogen) atoms. The number of hydrogen-bond acceptors (Lipinski definition) is 4. The SMILES string of the molecule is CCOC(CCOc1ccc2c(c1)CCCC2=O)OCC. The van der Waals surface area contributed by atoms with E-state index >= 15 is 0 Å². The lowest BCUT2D eigenvalue weighted by molar-refractivity contribution is -0.142. The molecule has 2 rings (SSSR count). The number of carbonyl (C=O) groups is 1. The minimum absolute atomic E-state index is 0.209. The van der Waals surface area contributed by atoms with E-state index in [1.54, 1.807) is 0 Å². The number of fused-ring (bicyclic) bond motifs is 1. The number of Topliss-reactive ketones (excluding diaryl/α,β-unsaturated/α-hetero) is 1. The number of hydrogen-bond donors (Lipinski definition) is 0. The van der Waals surface area contributed by atoms with Crippen molar-refractivity contribution in [2.75, 3.05) is 19.8 Å². The average molecular weight is 292 g/mol. The van der Waals surface area contributed by atoms with Gasteiger partial charge in [0, 0.05) is 31.6 Å². The van der Waals surface area contributed by atoms with E-state index in [9.17, 15) is 4.79 Å². The summed E-state index contributed by atoms with van der Waals surface area (Å²) in [7, 11) is 0. The van der Waals surface area contributed by atoms with E-state index in [0.29, 0.717) is 32.7 Å². The molecule has 0 amide bonds. The first-order chi connectivity index (χ1) is 10.2. The molecule has 0 atom stereocenters. The molecule has 1 aromatic carbocycles. The van der Waals surface area contributed by atoms with Gasteiger partial charge in [0.25, 0.3) is 0 Å². The van der Waals surface area contributed by atoms with Crippen molar-refractivity contribution in [1.29, 1.82) is 0 Å². The second-order valence-electron chi connectivity index (χ2n) is 5.07. The molecule has 0 N–H and O–H groups in total. The molecular formula is C17H24O4. The zero-order valence-corrected chi connectivity index (χ0v) is 12.9. The number of carbonyl (C=O) groups excluding carboxylic acids is 1. The number of ketones is 1. The predicted octanol–water partition coefficient (Wildman–Crippen LogP) is 3.37. The highest BCUT2D eigenvalue weighted by molar-refractivity contribution is 5.98. The normalized spacial score (nSPS) is 14.3. The monoisotopic (exact) mass is 292 g/mol. The Morgan fingerprint density at radius 1 is 1.14 bits per heavy atom. The summed E-state index contributed by atoms with van der Waals surface area (Å²) in [5, 5.41) is 0. The summed E-state index contributed by atoms with van der Waals surface area (Å²) in [6.07, 6.45) is 3.04. The van der Waals surface area contributed by atoms with Crippen molar-refractivity contribution in [2.24, 2.45) is 0 Å². The first kappa shape index (κ1) is 16.0. The second kappa shape index (κ2) is 8.15. The Bertz CT molecular complexity index is 464. The molecule has 0 heterocycles. The largest absolute Gasteiger partial charge is 0.493 e. The zero-order chi connectivity index (χ0) is 15.1. The molecule has 0 spiro atoms. The van der Waals surface area contributed by atoms with E-state index in [2.05, 4.69) is 0 Å². The summed E-state index contributed by atoms with van der Waals surface area (Å²) in [6, 6.07) is 5.75. The third-order valence-electron chi connectivity index (χ3n) is 3.55. The fourth-order valence-electron chi connectivity index (χ4n) is 2.57.